The molecule has 0 aliphatic rings. The highest BCUT2D eigenvalue weighted by Gasteiger charge is 2.25. The Morgan fingerprint density at radius 2 is 1.53 bits per heavy atom. The van der Waals surface area contributed by atoms with Crippen molar-refractivity contribution in [3.8, 4) is 0 Å². The standard InChI is InChI=1S/C32H38N2O8S/c1-24-16-18-27(19-17-24)43(38,39)41-20-10-14-26-13-8-9-15-28(26)34(22-30(36)42-32(2,3)4)29(35)21-33-31(37)40-23-25-11-6-5-7-12-25/h5-9,11-13,15-19H,10,14,20-23H2,1-4H3,(H,33,37). The number of rotatable bonds is 13. The van der Waals surface area contributed by atoms with Crippen molar-refractivity contribution < 1.29 is 36.5 Å². The molecule has 0 aliphatic carbocycles. The maximum atomic E-state index is 13.4. The van der Waals surface area contributed by atoms with E-state index in [0.717, 1.165) is 11.1 Å². The predicted octanol–water partition coefficient (Wildman–Crippen LogP) is 4.93. The van der Waals surface area contributed by atoms with Crippen molar-refractivity contribution >= 4 is 33.8 Å². The fourth-order valence-electron chi connectivity index (χ4n) is 4.02. The Balaban J connectivity index is 1.68. The number of amides is 2. The molecular weight excluding hydrogens is 572 g/mol. The van der Waals surface area contributed by atoms with Crippen LogP contribution in [0.3, 0.4) is 0 Å². The van der Waals surface area contributed by atoms with Crippen molar-refractivity contribution in [2.45, 2.75) is 57.6 Å². The second-order valence-electron chi connectivity index (χ2n) is 10.8. The highest BCUT2D eigenvalue weighted by molar-refractivity contribution is 7.86. The smallest absolute Gasteiger partial charge is 0.407 e. The number of carbonyl (C=O) groups excluding carboxylic acids is 3. The van der Waals surface area contributed by atoms with E-state index < -0.39 is 46.8 Å². The third kappa shape index (κ3) is 11.2. The number of nitrogens with one attached hydrogen (secondary N) is 1. The van der Waals surface area contributed by atoms with Gasteiger partial charge in [-0.25, -0.2) is 4.79 Å². The van der Waals surface area contributed by atoms with Crippen molar-refractivity contribution in [2.75, 3.05) is 24.6 Å². The zero-order valence-corrected chi connectivity index (χ0v) is 25.7. The van der Waals surface area contributed by atoms with E-state index in [1.54, 1.807) is 69.3 Å². The molecule has 0 atom stereocenters. The summed E-state index contributed by atoms with van der Waals surface area (Å²) in [6, 6.07) is 22.4. The van der Waals surface area contributed by atoms with Crippen LogP contribution in [0.1, 0.15) is 43.9 Å². The van der Waals surface area contributed by atoms with Crippen LogP contribution in [-0.2, 0) is 46.4 Å². The van der Waals surface area contributed by atoms with Crippen LogP contribution in [0.4, 0.5) is 10.5 Å². The lowest BCUT2D eigenvalue weighted by Crippen LogP contribution is -2.44. The number of anilines is 1. The maximum Gasteiger partial charge on any atom is 0.407 e. The summed E-state index contributed by atoms with van der Waals surface area (Å²) in [7, 11) is -3.92. The van der Waals surface area contributed by atoms with Crippen LogP contribution >= 0.6 is 0 Å². The molecule has 0 saturated heterocycles. The fraction of sp³-hybridized carbons (Fsp3) is 0.344. The van der Waals surface area contributed by atoms with Crippen LogP contribution in [0.25, 0.3) is 0 Å². The minimum atomic E-state index is -3.92. The maximum absolute atomic E-state index is 13.4. The molecule has 10 nitrogen and oxygen atoms in total. The van der Waals surface area contributed by atoms with Crippen molar-refractivity contribution in [3.63, 3.8) is 0 Å². The Hall–Kier alpha value is -4.22. The van der Waals surface area contributed by atoms with Crippen LogP contribution < -0.4 is 10.2 Å². The molecule has 0 saturated carbocycles. The van der Waals surface area contributed by atoms with E-state index in [4.69, 9.17) is 13.7 Å². The topological polar surface area (TPSA) is 128 Å². The zero-order valence-electron chi connectivity index (χ0n) is 24.9. The van der Waals surface area contributed by atoms with Gasteiger partial charge in [-0.2, -0.15) is 8.42 Å². The van der Waals surface area contributed by atoms with Gasteiger partial charge in [-0.05, 0) is 69.9 Å². The summed E-state index contributed by atoms with van der Waals surface area (Å²) in [5.41, 5.74) is 2.06. The summed E-state index contributed by atoms with van der Waals surface area (Å²) in [6.45, 7) is 6.15. The summed E-state index contributed by atoms with van der Waals surface area (Å²) < 4.78 is 40.9. The van der Waals surface area contributed by atoms with Crippen molar-refractivity contribution in [1.82, 2.24) is 5.32 Å². The molecule has 230 valence electrons. The van der Waals surface area contributed by atoms with E-state index in [1.807, 2.05) is 25.1 Å². The molecule has 0 aromatic heterocycles. The SMILES string of the molecule is Cc1ccc(S(=O)(=O)OCCCc2ccccc2N(CC(=O)OC(C)(C)C)C(=O)CNC(=O)OCc2ccccc2)cc1. The van der Waals surface area contributed by atoms with Gasteiger partial charge in [-0.1, -0.05) is 66.2 Å². The lowest BCUT2D eigenvalue weighted by molar-refractivity contribution is -0.153. The molecule has 0 spiro atoms. The number of hydrogen-bond acceptors (Lipinski definition) is 8. The van der Waals surface area contributed by atoms with Gasteiger partial charge in [-0.15, -0.1) is 0 Å². The Kier molecular flexibility index (Phi) is 11.8. The number of benzene rings is 3. The number of carbonyl (C=O) groups is 3. The summed E-state index contributed by atoms with van der Waals surface area (Å²) in [6.07, 6.45) is -0.111. The summed E-state index contributed by atoms with van der Waals surface area (Å²) in [5, 5.41) is 2.44. The first-order valence-electron chi connectivity index (χ1n) is 13.8. The van der Waals surface area contributed by atoms with Crippen LogP contribution in [0.15, 0.2) is 83.8 Å². The Labute approximate surface area is 253 Å². The number of alkyl carbamates (subject to hydrolysis) is 1. The highest BCUT2D eigenvalue weighted by Crippen LogP contribution is 2.23. The van der Waals surface area contributed by atoms with Crippen LogP contribution in [0, 0.1) is 6.92 Å². The third-order valence-electron chi connectivity index (χ3n) is 6.03. The first-order valence-corrected chi connectivity index (χ1v) is 15.3. The van der Waals surface area contributed by atoms with E-state index >= 15 is 0 Å². The van der Waals surface area contributed by atoms with Gasteiger partial charge in [0.25, 0.3) is 10.1 Å². The summed E-state index contributed by atoms with van der Waals surface area (Å²) in [5.74, 6) is -1.19. The summed E-state index contributed by atoms with van der Waals surface area (Å²) in [4.78, 5) is 39.7. The normalized spacial score (nSPS) is 11.4. The molecule has 1 N–H and O–H groups in total. The number of para-hydroxylation sites is 1. The molecule has 0 heterocycles. The Bertz CT molecular complexity index is 1480. The number of aryl methyl sites for hydroxylation is 2. The first-order chi connectivity index (χ1) is 20.3. The minimum absolute atomic E-state index is 0.0347. The monoisotopic (exact) mass is 610 g/mol. The molecule has 3 aromatic rings. The van der Waals surface area contributed by atoms with Crippen LogP contribution in [0.2, 0.25) is 0 Å². The molecule has 0 fully saturated rings. The van der Waals surface area contributed by atoms with E-state index in [0.29, 0.717) is 24.1 Å². The molecule has 0 unspecified atom stereocenters. The van der Waals surface area contributed by atoms with Gasteiger partial charge in [0.1, 0.15) is 25.3 Å². The molecule has 11 heteroatoms. The van der Waals surface area contributed by atoms with E-state index in [9.17, 15) is 22.8 Å². The molecular formula is C32H38N2O8S. The fourth-order valence-corrected chi connectivity index (χ4v) is 4.96. The molecule has 3 rings (SSSR count). The van der Waals surface area contributed by atoms with Crippen molar-refractivity contribution in [2.24, 2.45) is 0 Å². The second-order valence-corrected chi connectivity index (χ2v) is 12.4. The number of nitrogens with zero attached hydrogens (tertiary/aromatic N) is 1. The zero-order chi connectivity index (χ0) is 31.5. The van der Waals surface area contributed by atoms with Gasteiger partial charge in [0.05, 0.1) is 11.5 Å². The Morgan fingerprint density at radius 3 is 2.21 bits per heavy atom. The second kappa shape index (κ2) is 15.3. The largest absolute Gasteiger partial charge is 0.459 e. The lowest BCUT2D eigenvalue weighted by Gasteiger charge is -2.27. The van der Waals surface area contributed by atoms with Gasteiger partial charge in [0.15, 0.2) is 0 Å². The van der Waals surface area contributed by atoms with Gasteiger partial charge in [-0.3, -0.25) is 18.7 Å². The van der Waals surface area contributed by atoms with E-state index in [2.05, 4.69) is 5.32 Å². The highest BCUT2D eigenvalue weighted by atomic mass is 32.2. The first kappa shape index (κ1) is 33.3. The molecule has 0 bridgehead atoms. The number of esters is 1. The third-order valence-corrected chi connectivity index (χ3v) is 7.35. The minimum Gasteiger partial charge on any atom is -0.459 e. The predicted molar refractivity (Wildman–Crippen MR) is 162 cm³/mol. The lowest BCUT2D eigenvalue weighted by atomic mass is 10.1. The molecule has 3 aromatic carbocycles. The summed E-state index contributed by atoms with van der Waals surface area (Å²) >= 11 is 0. The van der Waals surface area contributed by atoms with Gasteiger partial charge in [0, 0.05) is 5.69 Å². The van der Waals surface area contributed by atoms with Gasteiger partial charge < -0.3 is 14.8 Å². The van der Waals surface area contributed by atoms with E-state index in [1.165, 1.54) is 17.0 Å². The van der Waals surface area contributed by atoms with Crippen molar-refractivity contribution in [1.29, 1.82) is 0 Å². The van der Waals surface area contributed by atoms with E-state index in [-0.39, 0.29) is 18.1 Å². The molecule has 0 radical (unpaired) electrons. The van der Waals surface area contributed by atoms with Crippen molar-refractivity contribution in [3.05, 3.63) is 95.6 Å². The average Bonchev–Trinajstić information content (AvgIpc) is 2.96. The average molecular weight is 611 g/mol. The molecule has 2 amide bonds. The molecule has 43 heavy (non-hydrogen) atoms. The molecule has 0 aliphatic heterocycles. The van der Waals surface area contributed by atoms with Crippen LogP contribution in [-0.4, -0.2) is 51.7 Å². The number of hydrogen-bond donors (Lipinski definition) is 1. The Morgan fingerprint density at radius 1 is 0.884 bits per heavy atom. The quantitative estimate of drug-likeness (QED) is 0.164. The van der Waals surface area contributed by atoms with Crippen LogP contribution in [0.5, 0.6) is 0 Å². The van der Waals surface area contributed by atoms with Gasteiger partial charge in [0.2, 0.25) is 5.91 Å². The van der Waals surface area contributed by atoms with Gasteiger partial charge >= 0.3 is 12.1 Å². The number of ether oxygens (including phenoxy) is 2.